The molecule has 0 aliphatic carbocycles. The maximum atomic E-state index is 12.7. The molecule has 0 bridgehead atoms. The Morgan fingerprint density at radius 3 is 2.36 bits per heavy atom. The highest BCUT2D eigenvalue weighted by Gasteiger charge is 2.25. The third kappa shape index (κ3) is 4.08. The number of methoxy groups -OCH3 is 2. The van der Waals surface area contributed by atoms with Crippen LogP contribution in [0.1, 0.15) is 20.8 Å². The summed E-state index contributed by atoms with van der Waals surface area (Å²) in [7, 11) is 1.19. The molecule has 0 spiro atoms. The average Bonchev–Trinajstić information content (AvgIpc) is 2.98. The van der Waals surface area contributed by atoms with E-state index in [4.69, 9.17) is 9.47 Å². The zero-order chi connectivity index (χ0) is 18.8. The Kier molecular flexibility index (Phi) is 5.32. The second-order valence-corrected chi connectivity index (χ2v) is 11.6. The zero-order valence-corrected chi connectivity index (χ0v) is 16.0. The summed E-state index contributed by atoms with van der Waals surface area (Å²) in [5.74, 6) is -0.447. The van der Waals surface area contributed by atoms with Gasteiger partial charge >= 0.3 is 5.97 Å². The number of aromatic carboxylic acids is 1. The van der Waals surface area contributed by atoms with Gasteiger partial charge in [-0.1, -0.05) is 19.6 Å². The molecule has 2 aromatic rings. The van der Waals surface area contributed by atoms with E-state index in [0.717, 1.165) is 5.32 Å². The number of carbonyl (C=O) groups is 2. The van der Waals surface area contributed by atoms with Crippen LogP contribution in [0.25, 0.3) is 0 Å². The zero-order valence-electron chi connectivity index (χ0n) is 15.0. The lowest BCUT2D eigenvalue weighted by atomic mass is 10.1. The van der Waals surface area contributed by atoms with Crippen molar-refractivity contribution in [1.29, 1.82) is 0 Å². The number of nitrogens with zero attached hydrogens (tertiary/aromatic N) is 2. The predicted octanol–water partition coefficient (Wildman–Crippen LogP) is 2.03. The first-order valence-corrected chi connectivity index (χ1v) is 11.2. The van der Waals surface area contributed by atoms with E-state index >= 15 is 0 Å². The van der Waals surface area contributed by atoms with Crippen LogP contribution in [0.2, 0.25) is 19.6 Å². The number of hydrogen-bond donors (Lipinski definition) is 1. The van der Waals surface area contributed by atoms with Gasteiger partial charge < -0.3 is 14.6 Å². The van der Waals surface area contributed by atoms with Gasteiger partial charge in [-0.05, 0) is 18.2 Å². The molecule has 0 saturated carbocycles. The average molecular weight is 362 g/mol. The summed E-state index contributed by atoms with van der Waals surface area (Å²) in [5, 5.41) is 14.5. The fourth-order valence-electron chi connectivity index (χ4n) is 2.33. The fourth-order valence-corrected chi connectivity index (χ4v) is 3.32. The van der Waals surface area contributed by atoms with Crippen LogP contribution in [0.5, 0.6) is 11.5 Å². The van der Waals surface area contributed by atoms with Crippen molar-refractivity contribution in [3.8, 4) is 11.5 Å². The van der Waals surface area contributed by atoms with Crippen molar-refractivity contribution in [1.82, 2.24) is 9.78 Å². The molecule has 0 fully saturated rings. The number of ketones is 1. The minimum atomic E-state index is -1.80. The number of carbonyl (C=O) groups excluding carboxylic acids is 1. The van der Waals surface area contributed by atoms with Gasteiger partial charge in [-0.2, -0.15) is 5.10 Å². The molecule has 1 N–H and O–H groups in total. The summed E-state index contributed by atoms with van der Waals surface area (Å²) in [6, 6.07) is 6.43. The Labute approximate surface area is 147 Å². The van der Waals surface area contributed by atoms with Crippen molar-refractivity contribution in [3.63, 3.8) is 0 Å². The van der Waals surface area contributed by atoms with Gasteiger partial charge in [-0.25, -0.2) is 4.79 Å². The van der Waals surface area contributed by atoms with Crippen LogP contribution < -0.4 is 14.8 Å². The van der Waals surface area contributed by atoms with Crippen molar-refractivity contribution >= 4 is 25.1 Å². The van der Waals surface area contributed by atoms with Gasteiger partial charge in [0.25, 0.3) is 0 Å². The molecule has 0 radical (unpaired) electrons. The molecule has 134 valence electrons. The van der Waals surface area contributed by atoms with E-state index in [1.165, 1.54) is 18.9 Å². The summed E-state index contributed by atoms with van der Waals surface area (Å²) in [6.45, 7) is 6.04. The lowest BCUT2D eigenvalue weighted by molar-refractivity contribution is 0.0683. The van der Waals surface area contributed by atoms with Crippen LogP contribution in [0.15, 0.2) is 24.3 Å². The predicted molar refractivity (Wildman–Crippen MR) is 96.0 cm³/mol. The van der Waals surface area contributed by atoms with E-state index in [1.54, 1.807) is 24.3 Å². The minimum absolute atomic E-state index is 0.0123. The highest BCUT2D eigenvalue weighted by Crippen LogP contribution is 2.25. The Morgan fingerprint density at radius 2 is 1.84 bits per heavy atom. The Hall–Kier alpha value is -2.61. The number of hydrogen-bond acceptors (Lipinski definition) is 5. The smallest absolute Gasteiger partial charge is 0.354 e. The van der Waals surface area contributed by atoms with Gasteiger partial charge in [0.05, 0.1) is 19.8 Å². The quantitative estimate of drug-likeness (QED) is 0.599. The molecule has 0 amide bonds. The van der Waals surface area contributed by atoms with Crippen molar-refractivity contribution in [3.05, 3.63) is 35.5 Å². The van der Waals surface area contributed by atoms with Gasteiger partial charge in [-0.15, -0.1) is 0 Å². The van der Waals surface area contributed by atoms with Crippen LogP contribution in [0.3, 0.4) is 0 Å². The summed E-state index contributed by atoms with van der Waals surface area (Å²) >= 11 is 0. The molecule has 7 nitrogen and oxygen atoms in total. The van der Waals surface area contributed by atoms with E-state index < -0.39 is 14.0 Å². The number of carboxylic acids is 1. The second kappa shape index (κ2) is 7.10. The van der Waals surface area contributed by atoms with E-state index in [0.29, 0.717) is 17.1 Å². The molecule has 0 aliphatic rings. The van der Waals surface area contributed by atoms with Gasteiger partial charge in [0.2, 0.25) is 0 Å². The Bertz CT molecular complexity index is 808. The van der Waals surface area contributed by atoms with Crippen LogP contribution >= 0.6 is 0 Å². The third-order valence-corrected chi connectivity index (χ3v) is 5.55. The molecule has 1 heterocycles. The van der Waals surface area contributed by atoms with E-state index in [2.05, 4.69) is 24.7 Å². The molecule has 8 heteroatoms. The van der Waals surface area contributed by atoms with Gasteiger partial charge in [0, 0.05) is 11.4 Å². The molecule has 1 aromatic heterocycles. The Balaban J connectivity index is 2.38. The van der Waals surface area contributed by atoms with Crippen molar-refractivity contribution in [2.24, 2.45) is 0 Å². The van der Waals surface area contributed by atoms with Crippen LogP contribution in [-0.4, -0.2) is 48.9 Å². The molecule has 25 heavy (non-hydrogen) atoms. The largest absolute Gasteiger partial charge is 0.497 e. The molecule has 1 aromatic carbocycles. The molecule has 0 atom stereocenters. The minimum Gasteiger partial charge on any atom is -0.497 e. The van der Waals surface area contributed by atoms with Crippen LogP contribution in [-0.2, 0) is 6.54 Å². The SMILES string of the molecule is COc1ccc(C(=O)Cn2nc([Si](C)(C)C)cc2C(=O)O)c(OC)c1. The van der Waals surface area contributed by atoms with Crippen molar-refractivity contribution in [2.75, 3.05) is 14.2 Å². The molecule has 0 aliphatic heterocycles. The van der Waals surface area contributed by atoms with Crippen molar-refractivity contribution < 1.29 is 24.2 Å². The number of aromatic nitrogens is 2. The van der Waals surface area contributed by atoms with E-state index in [9.17, 15) is 14.7 Å². The normalized spacial score (nSPS) is 11.2. The van der Waals surface area contributed by atoms with Crippen LogP contribution in [0, 0.1) is 0 Å². The van der Waals surface area contributed by atoms with E-state index in [1.807, 2.05) is 0 Å². The summed E-state index contributed by atoms with van der Waals surface area (Å²) in [6.07, 6.45) is 0. The third-order valence-electron chi connectivity index (χ3n) is 3.77. The second-order valence-electron chi connectivity index (χ2n) is 6.62. The highest BCUT2D eigenvalue weighted by atomic mass is 28.3. The Morgan fingerprint density at radius 1 is 1.16 bits per heavy atom. The lowest BCUT2D eigenvalue weighted by Gasteiger charge is -2.12. The number of Topliss-reactive ketones (excluding diaryl/α,β-unsaturated/α-hetero) is 1. The first-order chi connectivity index (χ1) is 11.7. The molecular formula is C17H22N2O5Si. The number of benzene rings is 1. The van der Waals surface area contributed by atoms with Crippen LogP contribution in [0.4, 0.5) is 0 Å². The molecule has 0 saturated heterocycles. The maximum absolute atomic E-state index is 12.7. The molecule has 0 unspecified atom stereocenters. The van der Waals surface area contributed by atoms with Crippen molar-refractivity contribution in [2.45, 2.75) is 26.2 Å². The topological polar surface area (TPSA) is 90.7 Å². The number of carboxylic acid groups (broad SMARTS) is 1. The lowest BCUT2D eigenvalue weighted by Crippen LogP contribution is -2.39. The van der Waals surface area contributed by atoms with Gasteiger partial charge in [0.1, 0.15) is 31.8 Å². The first kappa shape index (κ1) is 18.7. The monoisotopic (exact) mass is 362 g/mol. The van der Waals surface area contributed by atoms with E-state index in [-0.39, 0.29) is 18.0 Å². The number of ether oxygens (including phenoxy) is 2. The van der Waals surface area contributed by atoms with Gasteiger partial charge in [-0.3, -0.25) is 9.48 Å². The highest BCUT2D eigenvalue weighted by molar-refractivity contribution is 6.88. The summed E-state index contributed by atoms with van der Waals surface area (Å²) in [4.78, 5) is 24.2. The number of rotatable bonds is 7. The van der Waals surface area contributed by atoms with Gasteiger partial charge in [0.15, 0.2) is 5.78 Å². The fraction of sp³-hybridized carbons (Fsp3) is 0.353. The first-order valence-electron chi connectivity index (χ1n) is 7.74. The molecular weight excluding hydrogens is 340 g/mol. The molecule has 2 rings (SSSR count). The standard InChI is InChI=1S/C17H22N2O5Si/c1-23-11-6-7-12(15(8-11)24-2)14(20)10-19-13(17(21)22)9-16(18-19)25(3,4)5/h6-9H,10H2,1-5H3,(H,21,22). The summed E-state index contributed by atoms with van der Waals surface area (Å²) in [5.41, 5.74) is 0.364. The summed E-state index contributed by atoms with van der Waals surface area (Å²) < 4.78 is 11.6. The maximum Gasteiger partial charge on any atom is 0.354 e.